The van der Waals surface area contributed by atoms with Crippen molar-refractivity contribution in [3.63, 3.8) is 0 Å². The Morgan fingerprint density at radius 2 is 2.05 bits per heavy atom. The second-order valence-corrected chi connectivity index (χ2v) is 6.08. The predicted molar refractivity (Wildman–Crippen MR) is 90.2 cm³/mol. The molecule has 1 aliphatic rings. The zero-order chi connectivity index (χ0) is 14.9. The van der Waals surface area contributed by atoms with Gasteiger partial charge in [0.05, 0.1) is 5.69 Å². The molecule has 0 amide bonds. The number of benzene rings is 1. The van der Waals surface area contributed by atoms with Gasteiger partial charge in [0.25, 0.3) is 0 Å². The van der Waals surface area contributed by atoms with Crippen molar-refractivity contribution in [1.29, 1.82) is 0 Å². The molecule has 1 aromatic carbocycles. The van der Waals surface area contributed by atoms with E-state index in [0.717, 1.165) is 5.69 Å². The molecule has 1 saturated carbocycles. The van der Waals surface area contributed by atoms with Gasteiger partial charge in [0.1, 0.15) is 0 Å². The van der Waals surface area contributed by atoms with Crippen LogP contribution >= 0.6 is 0 Å². The van der Waals surface area contributed by atoms with Crippen LogP contribution < -0.4 is 0 Å². The molecular formula is C20H23N. The SMILES string of the molecule is C/C=C(\C)c1ccc(C2(CC)CC2)c(-c2ccccn2)c1. The Morgan fingerprint density at radius 1 is 1.24 bits per heavy atom. The maximum absolute atomic E-state index is 4.59. The standard InChI is InChI=1S/C20H23N/c1-4-15(3)16-9-10-18(20(5-2)11-12-20)17(14-16)19-8-6-7-13-21-19/h4,6-10,13-14H,5,11-12H2,1-3H3/b15-4+. The summed E-state index contributed by atoms with van der Waals surface area (Å²) < 4.78 is 0. The summed E-state index contributed by atoms with van der Waals surface area (Å²) in [6.45, 7) is 6.57. The molecule has 1 fully saturated rings. The Hall–Kier alpha value is -1.89. The van der Waals surface area contributed by atoms with Gasteiger partial charge in [-0.25, -0.2) is 0 Å². The summed E-state index contributed by atoms with van der Waals surface area (Å²) in [4.78, 5) is 4.59. The molecule has 0 N–H and O–H groups in total. The second-order valence-electron chi connectivity index (χ2n) is 6.08. The van der Waals surface area contributed by atoms with Gasteiger partial charge in [0, 0.05) is 11.8 Å². The van der Waals surface area contributed by atoms with Crippen molar-refractivity contribution < 1.29 is 0 Å². The molecule has 0 spiro atoms. The van der Waals surface area contributed by atoms with E-state index in [1.165, 1.54) is 41.5 Å². The number of allylic oxidation sites excluding steroid dienone is 2. The predicted octanol–water partition coefficient (Wildman–Crippen LogP) is 5.61. The van der Waals surface area contributed by atoms with Gasteiger partial charge in [-0.05, 0) is 73.4 Å². The molecule has 0 bridgehead atoms. The van der Waals surface area contributed by atoms with Crippen LogP contribution in [0.3, 0.4) is 0 Å². The summed E-state index contributed by atoms with van der Waals surface area (Å²) >= 11 is 0. The largest absolute Gasteiger partial charge is 0.256 e. The van der Waals surface area contributed by atoms with Crippen LogP contribution in [0.5, 0.6) is 0 Å². The van der Waals surface area contributed by atoms with E-state index in [9.17, 15) is 0 Å². The van der Waals surface area contributed by atoms with Gasteiger partial charge in [-0.2, -0.15) is 0 Å². The highest BCUT2D eigenvalue weighted by Crippen LogP contribution is 2.53. The number of pyridine rings is 1. The van der Waals surface area contributed by atoms with Crippen molar-refractivity contribution in [1.82, 2.24) is 4.98 Å². The van der Waals surface area contributed by atoms with Crippen LogP contribution in [-0.4, -0.2) is 4.98 Å². The summed E-state index contributed by atoms with van der Waals surface area (Å²) in [6, 6.07) is 13.1. The van der Waals surface area contributed by atoms with Crippen LogP contribution in [0.15, 0.2) is 48.7 Å². The molecule has 108 valence electrons. The van der Waals surface area contributed by atoms with Crippen LogP contribution in [0.2, 0.25) is 0 Å². The Kier molecular flexibility index (Phi) is 3.67. The first kappa shape index (κ1) is 14.1. The minimum absolute atomic E-state index is 0.398. The third kappa shape index (κ3) is 2.53. The van der Waals surface area contributed by atoms with Gasteiger partial charge < -0.3 is 0 Å². The third-order valence-electron chi connectivity index (χ3n) is 4.95. The van der Waals surface area contributed by atoms with Gasteiger partial charge in [-0.1, -0.05) is 31.2 Å². The average Bonchev–Trinajstić information content (AvgIpc) is 3.35. The molecule has 1 heterocycles. The molecule has 0 saturated heterocycles. The van der Waals surface area contributed by atoms with E-state index in [4.69, 9.17) is 0 Å². The van der Waals surface area contributed by atoms with Crippen molar-refractivity contribution >= 4 is 5.57 Å². The van der Waals surface area contributed by atoms with Gasteiger partial charge in [0.2, 0.25) is 0 Å². The van der Waals surface area contributed by atoms with E-state index >= 15 is 0 Å². The minimum Gasteiger partial charge on any atom is -0.256 e. The molecule has 1 aliphatic carbocycles. The third-order valence-corrected chi connectivity index (χ3v) is 4.95. The number of hydrogen-bond donors (Lipinski definition) is 0. The van der Waals surface area contributed by atoms with E-state index in [0.29, 0.717) is 5.41 Å². The fourth-order valence-electron chi connectivity index (χ4n) is 3.12. The smallest absolute Gasteiger partial charge is 0.0705 e. The highest BCUT2D eigenvalue weighted by Gasteiger charge is 2.43. The Morgan fingerprint density at radius 3 is 2.62 bits per heavy atom. The lowest BCUT2D eigenvalue weighted by Crippen LogP contribution is -2.07. The molecule has 1 heteroatoms. The molecule has 2 aromatic rings. The lowest BCUT2D eigenvalue weighted by molar-refractivity contribution is 0.665. The number of nitrogens with zero attached hydrogens (tertiary/aromatic N) is 1. The van der Waals surface area contributed by atoms with E-state index in [-0.39, 0.29) is 0 Å². The molecule has 21 heavy (non-hydrogen) atoms. The lowest BCUT2D eigenvalue weighted by atomic mass is 9.86. The first-order valence-electron chi connectivity index (χ1n) is 7.89. The number of hydrogen-bond acceptors (Lipinski definition) is 1. The van der Waals surface area contributed by atoms with Crippen molar-refractivity contribution in [3.8, 4) is 11.3 Å². The zero-order valence-corrected chi connectivity index (χ0v) is 13.2. The topological polar surface area (TPSA) is 12.9 Å². The average molecular weight is 277 g/mol. The van der Waals surface area contributed by atoms with E-state index < -0.39 is 0 Å². The van der Waals surface area contributed by atoms with Crippen LogP contribution in [0.4, 0.5) is 0 Å². The highest BCUT2D eigenvalue weighted by molar-refractivity contribution is 5.74. The van der Waals surface area contributed by atoms with Crippen molar-refractivity contribution in [3.05, 3.63) is 59.8 Å². The van der Waals surface area contributed by atoms with Crippen molar-refractivity contribution in [2.45, 2.75) is 45.4 Å². The van der Waals surface area contributed by atoms with E-state index in [2.05, 4.69) is 62.2 Å². The van der Waals surface area contributed by atoms with Gasteiger partial charge in [-0.3, -0.25) is 4.98 Å². The molecule has 0 unspecified atom stereocenters. The fraction of sp³-hybridized carbons (Fsp3) is 0.350. The summed E-state index contributed by atoms with van der Waals surface area (Å²) in [5.74, 6) is 0. The maximum atomic E-state index is 4.59. The molecule has 0 atom stereocenters. The highest BCUT2D eigenvalue weighted by atomic mass is 14.7. The minimum atomic E-state index is 0.398. The summed E-state index contributed by atoms with van der Waals surface area (Å²) in [5.41, 5.74) is 6.91. The number of rotatable bonds is 4. The molecule has 3 rings (SSSR count). The molecule has 0 radical (unpaired) electrons. The van der Waals surface area contributed by atoms with Crippen LogP contribution in [0.1, 0.15) is 51.2 Å². The van der Waals surface area contributed by atoms with E-state index in [1.54, 1.807) is 0 Å². The Labute approximate surface area is 127 Å². The number of aromatic nitrogens is 1. The van der Waals surface area contributed by atoms with Crippen LogP contribution in [0, 0.1) is 0 Å². The molecule has 1 nitrogen and oxygen atoms in total. The summed E-state index contributed by atoms with van der Waals surface area (Å²) in [6.07, 6.45) is 7.90. The normalized spacial score (nSPS) is 16.8. The quantitative estimate of drug-likeness (QED) is 0.707. The van der Waals surface area contributed by atoms with Crippen molar-refractivity contribution in [2.75, 3.05) is 0 Å². The van der Waals surface area contributed by atoms with Crippen LogP contribution in [0.25, 0.3) is 16.8 Å². The Balaban J connectivity index is 2.17. The molecular weight excluding hydrogens is 254 g/mol. The molecule has 1 aromatic heterocycles. The van der Waals surface area contributed by atoms with Crippen LogP contribution in [-0.2, 0) is 5.41 Å². The summed E-state index contributed by atoms with van der Waals surface area (Å²) in [7, 11) is 0. The first-order valence-corrected chi connectivity index (χ1v) is 7.89. The zero-order valence-electron chi connectivity index (χ0n) is 13.2. The fourth-order valence-corrected chi connectivity index (χ4v) is 3.12. The van der Waals surface area contributed by atoms with Gasteiger partial charge >= 0.3 is 0 Å². The Bertz CT molecular complexity index is 663. The molecule has 0 aliphatic heterocycles. The first-order chi connectivity index (χ1) is 10.2. The van der Waals surface area contributed by atoms with Gasteiger partial charge in [-0.15, -0.1) is 0 Å². The van der Waals surface area contributed by atoms with Crippen molar-refractivity contribution in [2.24, 2.45) is 0 Å². The maximum Gasteiger partial charge on any atom is 0.0705 e. The summed E-state index contributed by atoms with van der Waals surface area (Å²) in [5, 5.41) is 0. The monoisotopic (exact) mass is 277 g/mol. The van der Waals surface area contributed by atoms with E-state index in [1.807, 2.05) is 12.3 Å². The van der Waals surface area contributed by atoms with Gasteiger partial charge in [0.15, 0.2) is 0 Å². The lowest BCUT2D eigenvalue weighted by Gasteiger charge is -2.19. The second kappa shape index (κ2) is 5.48.